The molecule has 0 aromatic carbocycles. The van der Waals surface area contributed by atoms with E-state index in [0.717, 1.165) is 6.54 Å². The molecule has 0 saturated carbocycles. The average Bonchev–Trinajstić information content (AvgIpc) is 2.30. The fraction of sp³-hybridized carbons (Fsp3) is 0.933. The normalized spacial score (nSPS) is 11.1. The van der Waals surface area contributed by atoms with Crippen LogP contribution in [0, 0.1) is 0 Å². The summed E-state index contributed by atoms with van der Waals surface area (Å²) in [6.07, 6.45) is 13.5. The molecular weight excluding hydrogens is 224 g/mol. The molecule has 0 fully saturated rings. The molecule has 3 heteroatoms. The molecule has 0 aromatic rings. The predicted octanol–water partition coefficient (Wildman–Crippen LogP) is 3.32. The second-order valence-corrected chi connectivity index (χ2v) is 5.39. The first-order valence-electron chi connectivity index (χ1n) is 7.63. The van der Waals surface area contributed by atoms with Crippen LogP contribution in [0.25, 0.3) is 0 Å². The lowest BCUT2D eigenvalue weighted by Crippen LogP contribution is -2.31. The van der Waals surface area contributed by atoms with Crippen LogP contribution in [0.1, 0.15) is 71.1 Å². The Bertz CT molecular complexity index is 195. The van der Waals surface area contributed by atoms with E-state index in [0.29, 0.717) is 6.54 Å². The quantitative estimate of drug-likeness (QED) is 0.514. The van der Waals surface area contributed by atoms with Crippen LogP contribution in [0.15, 0.2) is 0 Å². The van der Waals surface area contributed by atoms with Crippen LogP contribution in [0.2, 0.25) is 0 Å². The maximum Gasteiger partial charge on any atom is 0.231 e. The number of rotatable bonds is 13. The van der Waals surface area contributed by atoms with Crippen molar-refractivity contribution < 1.29 is 4.79 Å². The van der Waals surface area contributed by atoms with Crippen LogP contribution < -0.4 is 5.73 Å². The van der Waals surface area contributed by atoms with Crippen molar-refractivity contribution in [3.63, 3.8) is 0 Å². The Morgan fingerprint density at radius 3 is 1.78 bits per heavy atom. The Kier molecular flexibility index (Phi) is 12.5. The van der Waals surface area contributed by atoms with Gasteiger partial charge in [-0.3, -0.25) is 9.69 Å². The van der Waals surface area contributed by atoms with Gasteiger partial charge in [0.2, 0.25) is 5.91 Å². The van der Waals surface area contributed by atoms with E-state index in [1.807, 2.05) is 11.9 Å². The molecule has 0 atom stereocenters. The Morgan fingerprint density at radius 1 is 0.889 bits per heavy atom. The van der Waals surface area contributed by atoms with Crippen molar-refractivity contribution in [3.05, 3.63) is 0 Å². The number of amides is 1. The Hall–Kier alpha value is -0.570. The number of likely N-dealkylation sites (N-methyl/N-ethyl adjacent to an activating group) is 1. The van der Waals surface area contributed by atoms with Crippen molar-refractivity contribution in [1.82, 2.24) is 4.90 Å². The Morgan fingerprint density at radius 2 is 1.33 bits per heavy atom. The molecule has 108 valence electrons. The predicted molar refractivity (Wildman–Crippen MR) is 78.5 cm³/mol. The Labute approximate surface area is 113 Å². The van der Waals surface area contributed by atoms with Crippen molar-refractivity contribution in [2.45, 2.75) is 71.1 Å². The lowest BCUT2D eigenvalue weighted by atomic mass is 10.1. The molecule has 18 heavy (non-hydrogen) atoms. The minimum absolute atomic E-state index is 0.232. The standard InChI is InChI=1S/C15H32N2O/c1-3-4-5-6-7-8-9-10-11-12-13-17(2)14-15(16)18/h3-14H2,1-2H3,(H2,16,18). The highest BCUT2D eigenvalue weighted by atomic mass is 16.1. The molecule has 3 nitrogen and oxygen atoms in total. The van der Waals surface area contributed by atoms with E-state index in [4.69, 9.17) is 5.73 Å². The van der Waals surface area contributed by atoms with E-state index in [9.17, 15) is 4.79 Å². The highest BCUT2D eigenvalue weighted by Gasteiger charge is 2.01. The van der Waals surface area contributed by atoms with E-state index in [2.05, 4.69) is 6.92 Å². The van der Waals surface area contributed by atoms with E-state index in [-0.39, 0.29) is 5.91 Å². The molecule has 0 aliphatic heterocycles. The van der Waals surface area contributed by atoms with Gasteiger partial charge in [-0.1, -0.05) is 64.7 Å². The first-order chi connectivity index (χ1) is 8.66. The van der Waals surface area contributed by atoms with Gasteiger partial charge in [-0.25, -0.2) is 0 Å². The summed E-state index contributed by atoms with van der Waals surface area (Å²) in [5.74, 6) is -0.232. The summed E-state index contributed by atoms with van der Waals surface area (Å²) < 4.78 is 0. The number of carbonyl (C=O) groups excluding carboxylic acids is 1. The molecule has 0 radical (unpaired) electrons. The van der Waals surface area contributed by atoms with E-state index in [1.165, 1.54) is 64.2 Å². The molecule has 0 rings (SSSR count). The fourth-order valence-electron chi connectivity index (χ4n) is 2.21. The number of carbonyl (C=O) groups is 1. The molecule has 0 saturated heterocycles. The van der Waals surface area contributed by atoms with Gasteiger partial charge in [0.25, 0.3) is 0 Å². The third-order valence-electron chi connectivity index (χ3n) is 3.32. The van der Waals surface area contributed by atoms with Gasteiger partial charge in [-0.2, -0.15) is 0 Å². The third-order valence-corrected chi connectivity index (χ3v) is 3.32. The average molecular weight is 256 g/mol. The van der Waals surface area contributed by atoms with Gasteiger partial charge < -0.3 is 5.73 Å². The Balaban J connectivity index is 3.09. The largest absolute Gasteiger partial charge is 0.369 e. The van der Waals surface area contributed by atoms with Crippen LogP contribution in [-0.2, 0) is 4.79 Å². The van der Waals surface area contributed by atoms with Gasteiger partial charge in [0.15, 0.2) is 0 Å². The van der Waals surface area contributed by atoms with Gasteiger partial charge in [-0.15, -0.1) is 0 Å². The molecule has 1 amide bonds. The zero-order chi connectivity index (χ0) is 13.6. The van der Waals surface area contributed by atoms with Crippen molar-refractivity contribution in [2.75, 3.05) is 20.1 Å². The molecule has 2 N–H and O–H groups in total. The summed E-state index contributed by atoms with van der Waals surface area (Å²) in [5.41, 5.74) is 5.13. The highest BCUT2D eigenvalue weighted by Crippen LogP contribution is 2.10. The van der Waals surface area contributed by atoms with Gasteiger partial charge in [0.1, 0.15) is 0 Å². The van der Waals surface area contributed by atoms with Crippen LogP contribution in [0.5, 0.6) is 0 Å². The minimum Gasteiger partial charge on any atom is -0.369 e. The van der Waals surface area contributed by atoms with Gasteiger partial charge in [-0.05, 0) is 20.0 Å². The topological polar surface area (TPSA) is 46.3 Å². The number of unbranched alkanes of at least 4 members (excludes halogenated alkanes) is 9. The zero-order valence-corrected chi connectivity index (χ0v) is 12.4. The summed E-state index contributed by atoms with van der Waals surface area (Å²) in [4.78, 5) is 12.7. The van der Waals surface area contributed by atoms with Crippen molar-refractivity contribution in [1.29, 1.82) is 0 Å². The maximum absolute atomic E-state index is 10.7. The molecule has 0 unspecified atom stereocenters. The van der Waals surface area contributed by atoms with Crippen molar-refractivity contribution >= 4 is 5.91 Å². The van der Waals surface area contributed by atoms with Gasteiger partial charge >= 0.3 is 0 Å². The third kappa shape index (κ3) is 13.5. The summed E-state index contributed by atoms with van der Waals surface area (Å²) >= 11 is 0. The molecule has 0 heterocycles. The monoisotopic (exact) mass is 256 g/mol. The maximum atomic E-state index is 10.7. The van der Waals surface area contributed by atoms with E-state index >= 15 is 0 Å². The number of primary amides is 1. The molecule has 0 aliphatic carbocycles. The molecule has 0 aliphatic rings. The van der Waals surface area contributed by atoms with Crippen LogP contribution >= 0.6 is 0 Å². The highest BCUT2D eigenvalue weighted by molar-refractivity contribution is 5.75. The number of hydrogen-bond acceptors (Lipinski definition) is 2. The van der Waals surface area contributed by atoms with Crippen molar-refractivity contribution in [2.24, 2.45) is 5.73 Å². The number of nitrogens with zero attached hydrogens (tertiary/aromatic N) is 1. The second-order valence-electron chi connectivity index (χ2n) is 5.39. The second kappa shape index (κ2) is 12.9. The van der Waals surface area contributed by atoms with Gasteiger partial charge in [0, 0.05) is 0 Å². The SMILES string of the molecule is CCCCCCCCCCCCN(C)CC(N)=O. The summed E-state index contributed by atoms with van der Waals surface area (Å²) in [7, 11) is 1.96. The summed E-state index contributed by atoms with van der Waals surface area (Å²) in [6.45, 7) is 3.63. The van der Waals surface area contributed by atoms with Crippen LogP contribution in [-0.4, -0.2) is 30.9 Å². The van der Waals surface area contributed by atoms with Crippen molar-refractivity contribution in [3.8, 4) is 0 Å². The lowest BCUT2D eigenvalue weighted by Gasteiger charge is -2.13. The molecular formula is C15H32N2O. The number of nitrogens with two attached hydrogens (primary N) is 1. The van der Waals surface area contributed by atoms with E-state index in [1.54, 1.807) is 0 Å². The first-order valence-corrected chi connectivity index (χ1v) is 7.63. The lowest BCUT2D eigenvalue weighted by molar-refractivity contribution is -0.118. The fourth-order valence-corrected chi connectivity index (χ4v) is 2.21. The summed E-state index contributed by atoms with van der Waals surface area (Å²) in [5, 5.41) is 0. The van der Waals surface area contributed by atoms with Crippen LogP contribution in [0.3, 0.4) is 0 Å². The smallest absolute Gasteiger partial charge is 0.231 e. The number of hydrogen-bond donors (Lipinski definition) is 1. The molecule has 0 aromatic heterocycles. The first kappa shape index (κ1) is 17.4. The molecule has 0 bridgehead atoms. The summed E-state index contributed by atoms with van der Waals surface area (Å²) in [6, 6.07) is 0. The van der Waals surface area contributed by atoms with E-state index < -0.39 is 0 Å². The van der Waals surface area contributed by atoms with Gasteiger partial charge in [0.05, 0.1) is 6.54 Å². The minimum atomic E-state index is -0.232. The van der Waals surface area contributed by atoms with Crippen LogP contribution in [0.4, 0.5) is 0 Å². The molecule has 0 spiro atoms. The zero-order valence-electron chi connectivity index (χ0n) is 12.4.